The van der Waals surface area contributed by atoms with Crippen LogP contribution in [0.2, 0.25) is 0 Å². The van der Waals surface area contributed by atoms with Gasteiger partial charge in [-0.05, 0) is 12.1 Å². The minimum Gasteiger partial charge on any atom is -0.485 e. The van der Waals surface area contributed by atoms with Crippen LogP contribution in [0.15, 0.2) is 41.1 Å². The lowest BCUT2D eigenvalue weighted by Gasteiger charge is -2.09. The van der Waals surface area contributed by atoms with E-state index in [0.29, 0.717) is 28.8 Å². The van der Waals surface area contributed by atoms with Gasteiger partial charge in [-0.1, -0.05) is 17.3 Å². The van der Waals surface area contributed by atoms with Crippen LogP contribution in [0.5, 0.6) is 5.75 Å². The molecule has 0 spiro atoms. The van der Waals surface area contributed by atoms with Crippen LogP contribution < -0.4 is 10.1 Å². The zero-order valence-electron chi connectivity index (χ0n) is 12.7. The maximum atomic E-state index is 12.4. The number of ether oxygens (including phenoxy) is 1. The summed E-state index contributed by atoms with van der Waals surface area (Å²) in [7, 11) is 1.78. The molecule has 0 aliphatic rings. The van der Waals surface area contributed by atoms with E-state index in [1.165, 1.54) is 0 Å². The number of amides is 1. The van der Waals surface area contributed by atoms with Gasteiger partial charge < -0.3 is 14.6 Å². The molecule has 1 aromatic carbocycles. The van der Waals surface area contributed by atoms with Gasteiger partial charge in [0.25, 0.3) is 5.91 Å². The van der Waals surface area contributed by atoms with E-state index >= 15 is 0 Å². The second-order valence-corrected chi connectivity index (χ2v) is 4.84. The largest absolute Gasteiger partial charge is 0.485 e. The molecule has 0 unspecified atom stereocenters. The zero-order valence-corrected chi connectivity index (χ0v) is 12.7. The molecule has 1 amide bonds. The maximum absolute atomic E-state index is 12.4. The third kappa shape index (κ3) is 3.54. The Morgan fingerprint density at radius 1 is 1.35 bits per heavy atom. The first-order valence-electron chi connectivity index (χ1n) is 6.94. The number of carbonyl (C=O) groups excluding carboxylic acids is 1. The average molecular weight is 313 g/mol. The number of nitrogens with one attached hydrogen (secondary N) is 1. The van der Waals surface area contributed by atoms with E-state index in [1.54, 1.807) is 55.2 Å². The van der Waals surface area contributed by atoms with Gasteiger partial charge in [0.1, 0.15) is 5.75 Å². The third-order valence-corrected chi connectivity index (χ3v) is 3.01. The molecule has 0 aliphatic heterocycles. The SMILES string of the molecule is Cc1nc(COc2ccccc2C(=O)Nc2ccn(C)n2)no1. The maximum Gasteiger partial charge on any atom is 0.260 e. The Labute approximate surface area is 132 Å². The molecule has 2 heterocycles. The predicted molar refractivity (Wildman–Crippen MR) is 81.0 cm³/mol. The van der Waals surface area contributed by atoms with E-state index in [-0.39, 0.29) is 12.5 Å². The highest BCUT2D eigenvalue weighted by Gasteiger charge is 2.14. The first-order chi connectivity index (χ1) is 11.1. The number of para-hydroxylation sites is 1. The van der Waals surface area contributed by atoms with Crippen LogP contribution in [-0.4, -0.2) is 25.8 Å². The summed E-state index contributed by atoms with van der Waals surface area (Å²) in [5.74, 6) is 1.49. The Kier molecular flexibility index (Phi) is 4.05. The van der Waals surface area contributed by atoms with E-state index in [2.05, 4.69) is 20.6 Å². The standard InChI is InChI=1S/C15H15N5O3/c1-10-16-14(19-23-10)9-22-12-6-4-3-5-11(12)15(21)17-13-7-8-20(2)18-13/h3-8H,9H2,1-2H3,(H,17,18,21). The molecule has 0 saturated heterocycles. The number of aromatic nitrogens is 4. The van der Waals surface area contributed by atoms with Gasteiger partial charge in [-0.25, -0.2) is 0 Å². The molecular formula is C15H15N5O3. The Bertz CT molecular complexity index is 824. The van der Waals surface area contributed by atoms with Crippen molar-refractivity contribution in [3.05, 3.63) is 53.8 Å². The summed E-state index contributed by atoms with van der Waals surface area (Å²) in [6.45, 7) is 1.82. The summed E-state index contributed by atoms with van der Waals surface area (Å²) in [5, 5.41) is 10.6. The summed E-state index contributed by atoms with van der Waals surface area (Å²) in [4.78, 5) is 16.4. The number of anilines is 1. The average Bonchev–Trinajstić information content (AvgIpc) is 3.14. The number of benzene rings is 1. The van der Waals surface area contributed by atoms with Gasteiger partial charge in [0.2, 0.25) is 11.7 Å². The Morgan fingerprint density at radius 2 is 2.17 bits per heavy atom. The molecule has 2 aromatic heterocycles. The summed E-state index contributed by atoms with van der Waals surface area (Å²) < 4.78 is 12.1. The van der Waals surface area contributed by atoms with Crippen molar-refractivity contribution in [1.29, 1.82) is 0 Å². The fourth-order valence-electron chi connectivity index (χ4n) is 1.99. The van der Waals surface area contributed by atoms with Crippen molar-refractivity contribution in [2.45, 2.75) is 13.5 Å². The van der Waals surface area contributed by atoms with Crippen molar-refractivity contribution in [3.8, 4) is 5.75 Å². The van der Waals surface area contributed by atoms with Crippen LogP contribution >= 0.6 is 0 Å². The van der Waals surface area contributed by atoms with Gasteiger partial charge in [-0.2, -0.15) is 10.1 Å². The Morgan fingerprint density at radius 3 is 2.87 bits per heavy atom. The van der Waals surface area contributed by atoms with Crippen LogP contribution in [0.25, 0.3) is 0 Å². The van der Waals surface area contributed by atoms with Crippen molar-refractivity contribution in [1.82, 2.24) is 19.9 Å². The number of nitrogens with zero attached hydrogens (tertiary/aromatic N) is 4. The topological polar surface area (TPSA) is 95.1 Å². The molecule has 8 heteroatoms. The quantitative estimate of drug-likeness (QED) is 0.773. The van der Waals surface area contributed by atoms with Crippen LogP contribution in [0.3, 0.4) is 0 Å². The molecule has 0 fully saturated rings. The van der Waals surface area contributed by atoms with Crippen LogP contribution in [0.4, 0.5) is 5.82 Å². The molecule has 3 aromatic rings. The molecule has 0 bridgehead atoms. The number of hydrogen-bond donors (Lipinski definition) is 1. The van der Waals surface area contributed by atoms with Crippen molar-refractivity contribution in [2.24, 2.45) is 7.05 Å². The monoisotopic (exact) mass is 313 g/mol. The van der Waals surface area contributed by atoms with Gasteiger partial charge in [-0.3, -0.25) is 9.48 Å². The minimum atomic E-state index is -0.302. The first kappa shape index (κ1) is 14.8. The van der Waals surface area contributed by atoms with Crippen molar-refractivity contribution in [2.75, 3.05) is 5.32 Å². The fraction of sp³-hybridized carbons (Fsp3) is 0.200. The molecular weight excluding hydrogens is 298 g/mol. The number of rotatable bonds is 5. The van der Waals surface area contributed by atoms with Gasteiger partial charge in [0.05, 0.1) is 5.56 Å². The van der Waals surface area contributed by atoms with Gasteiger partial charge in [-0.15, -0.1) is 0 Å². The van der Waals surface area contributed by atoms with Crippen molar-refractivity contribution < 1.29 is 14.1 Å². The highest BCUT2D eigenvalue weighted by molar-refractivity contribution is 6.05. The van der Waals surface area contributed by atoms with Crippen LogP contribution in [-0.2, 0) is 13.7 Å². The van der Waals surface area contributed by atoms with Crippen molar-refractivity contribution in [3.63, 3.8) is 0 Å². The summed E-state index contributed by atoms with van der Waals surface area (Å²) in [5.41, 5.74) is 0.401. The minimum absolute atomic E-state index is 0.116. The lowest BCUT2D eigenvalue weighted by molar-refractivity contribution is 0.102. The van der Waals surface area contributed by atoms with Gasteiger partial charge in [0, 0.05) is 26.2 Å². The van der Waals surface area contributed by atoms with E-state index in [0.717, 1.165) is 0 Å². The highest BCUT2D eigenvalue weighted by Crippen LogP contribution is 2.20. The summed E-state index contributed by atoms with van der Waals surface area (Å²) >= 11 is 0. The zero-order chi connectivity index (χ0) is 16.2. The second kappa shape index (κ2) is 6.30. The molecule has 118 valence electrons. The predicted octanol–water partition coefficient (Wildman–Crippen LogP) is 1.94. The van der Waals surface area contributed by atoms with E-state index < -0.39 is 0 Å². The van der Waals surface area contributed by atoms with E-state index in [1.807, 2.05) is 0 Å². The molecule has 0 saturated carbocycles. The van der Waals surface area contributed by atoms with Crippen LogP contribution in [0, 0.1) is 6.92 Å². The number of hydrogen-bond acceptors (Lipinski definition) is 6. The third-order valence-electron chi connectivity index (χ3n) is 3.01. The van der Waals surface area contributed by atoms with Gasteiger partial charge >= 0.3 is 0 Å². The summed E-state index contributed by atoms with van der Waals surface area (Å²) in [6, 6.07) is 8.64. The first-order valence-corrected chi connectivity index (χ1v) is 6.94. The fourth-order valence-corrected chi connectivity index (χ4v) is 1.99. The molecule has 8 nitrogen and oxygen atoms in total. The number of aryl methyl sites for hydroxylation is 2. The Balaban J connectivity index is 1.73. The van der Waals surface area contributed by atoms with E-state index in [9.17, 15) is 4.79 Å². The number of carbonyl (C=O) groups is 1. The molecule has 0 aliphatic carbocycles. The summed E-state index contributed by atoms with van der Waals surface area (Å²) in [6.07, 6.45) is 1.75. The molecule has 1 N–H and O–H groups in total. The molecule has 3 rings (SSSR count). The normalized spacial score (nSPS) is 10.5. The Hall–Kier alpha value is -3.16. The van der Waals surface area contributed by atoms with Gasteiger partial charge in [0.15, 0.2) is 12.4 Å². The second-order valence-electron chi connectivity index (χ2n) is 4.84. The molecule has 0 atom stereocenters. The van der Waals surface area contributed by atoms with Crippen LogP contribution in [0.1, 0.15) is 22.1 Å². The van der Waals surface area contributed by atoms with Crippen molar-refractivity contribution >= 4 is 11.7 Å². The molecule has 0 radical (unpaired) electrons. The lowest BCUT2D eigenvalue weighted by atomic mass is 10.2. The molecule has 23 heavy (non-hydrogen) atoms. The lowest BCUT2D eigenvalue weighted by Crippen LogP contribution is -2.14. The van der Waals surface area contributed by atoms with E-state index in [4.69, 9.17) is 9.26 Å². The smallest absolute Gasteiger partial charge is 0.260 e. The highest BCUT2D eigenvalue weighted by atomic mass is 16.5.